The third-order valence-corrected chi connectivity index (χ3v) is 5.58. The van der Waals surface area contributed by atoms with Crippen LogP contribution in [0.15, 0.2) is 24.3 Å². The number of nitriles is 1. The van der Waals surface area contributed by atoms with Crippen molar-refractivity contribution in [1.82, 2.24) is 5.32 Å². The summed E-state index contributed by atoms with van der Waals surface area (Å²) in [5.41, 5.74) is 0.904. The number of alkyl halides is 2. The van der Waals surface area contributed by atoms with E-state index in [1.54, 1.807) is 6.07 Å². The number of benzene rings is 1. The van der Waals surface area contributed by atoms with E-state index in [0.717, 1.165) is 5.56 Å². The Balaban J connectivity index is 1.70. The quantitative estimate of drug-likeness (QED) is 0.884. The number of hydrogen-bond acceptors (Lipinski definition) is 3. The van der Waals surface area contributed by atoms with Crippen LogP contribution in [0, 0.1) is 17.2 Å². The molecule has 0 bridgehead atoms. The molecule has 0 unspecified atom stereocenters. The van der Waals surface area contributed by atoms with Crippen LogP contribution in [-0.4, -0.2) is 25.0 Å². The van der Waals surface area contributed by atoms with E-state index < -0.39 is 11.5 Å². The van der Waals surface area contributed by atoms with Crippen LogP contribution in [0.3, 0.4) is 0 Å². The number of nitrogens with one attached hydrogen (secondary N) is 1. The molecule has 0 aromatic heterocycles. The number of carbonyl (C=O) groups excluding carboxylic acids is 1. The molecule has 1 heterocycles. The van der Waals surface area contributed by atoms with Gasteiger partial charge in [0.15, 0.2) is 0 Å². The van der Waals surface area contributed by atoms with E-state index in [0.29, 0.717) is 44.5 Å². The Kier molecular flexibility index (Phi) is 5.57. The van der Waals surface area contributed by atoms with Crippen molar-refractivity contribution in [1.29, 1.82) is 5.26 Å². The van der Waals surface area contributed by atoms with Gasteiger partial charge in [0.25, 0.3) is 0 Å². The van der Waals surface area contributed by atoms with Crippen molar-refractivity contribution in [3.63, 3.8) is 0 Å². The summed E-state index contributed by atoms with van der Waals surface area (Å²) < 4.78 is 32.1. The lowest BCUT2D eigenvalue weighted by molar-refractivity contribution is -0.126. The summed E-state index contributed by atoms with van der Waals surface area (Å²) in [4.78, 5) is 12.7. The van der Waals surface area contributed by atoms with Gasteiger partial charge in [-0.1, -0.05) is 12.1 Å². The second-order valence-corrected chi connectivity index (χ2v) is 7.44. The summed E-state index contributed by atoms with van der Waals surface area (Å²) in [7, 11) is 0. The van der Waals surface area contributed by atoms with Gasteiger partial charge in [-0.05, 0) is 49.3 Å². The highest BCUT2D eigenvalue weighted by molar-refractivity contribution is 5.77. The second kappa shape index (κ2) is 7.71. The summed E-state index contributed by atoms with van der Waals surface area (Å²) in [6, 6.07) is 9.43. The summed E-state index contributed by atoms with van der Waals surface area (Å²) in [6.45, 7) is 1.07. The average Bonchev–Trinajstić information content (AvgIpc) is 2.64. The Morgan fingerprint density at radius 3 is 2.58 bits per heavy atom. The van der Waals surface area contributed by atoms with Crippen LogP contribution in [0.5, 0.6) is 0 Å². The van der Waals surface area contributed by atoms with E-state index in [2.05, 4.69) is 11.4 Å². The molecule has 2 aliphatic rings. The van der Waals surface area contributed by atoms with Gasteiger partial charge in [-0.3, -0.25) is 4.79 Å². The van der Waals surface area contributed by atoms with Gasteiger partial charge < -0.3 is 10.1 Å². The maximum atomic E-state index is 13.3. The van der Waals surface area contributed by atoms with Crippen LogP contribution in [0.25, 0.3) is 0 Å². The minimum Gasteiger partial charge on any atom is -0.381 e. The van der Waals surface area contributed by atoms with Gasteiger partial charge in [0.1, 0.15) is 0 Å². The predicted octanol–water partition coefficient (Wildman–Crippen LogP) is 3.90. The number of halogens is 2. The third kappa shape index (κ3) is 4.39. The topological polar surface area (TPSA) is 62.1 Å². The average molecular weight is 362 g/mol. The Morgan fingerprint density at radius 2 is 1.92 bits per heavy atom. The summed E-state index contributed by atoms with van der Waals surface area (Å²) in [5, 5.41) is 12.3. The van der Waals surface area contributed by atoms with Crippen LogP contribution >= 0.6 is 0 Å². The molecule has 1 amide bonds. The lowest BCUT2D eigenvalue weighted by atomic mass is 9.81. The zero-order valence-electron chi connectivity index (χ0n) is 14.8. The molecule has 1 saturated carbocycles. The fourth-order valence-electron chi connectivity index (χ4n) is 3.98. The zero-order valence-corrected chi connectivity index (χ0v) is 14.8. The van der Waals surface area contributed by atoms with E-state index >= 15 is 0 Å². The van der Waals surface area contributed by atoms with E-state index in [9.17, 15) is 13.6 Å². The van der Waals surface area contributed by atoms with Gasteiger partial charge >= 0.3 is 0 Å². The molecule has 140 valence electrons. The molecule has 3 rings (SSSR count). The first-order chi connectivity index (χ1) is 12.4. The number of amides is 1. The first-order valence-electron chi connectivity index (χ1n) is 9.20. The summed E-state index contributed by atoms with van der Waals surface area (Å²) in [6.07, 6.45) is 2.06. The van der Waals surface area contributed by atoms with Crippen LogP contribution in [0.4, 0.5) is 8.78 Å². The molecular formula is C20H24F2N2O2. The molecule has 0 radical (unpaired) electrons. The largest absolute Gasteiger partial charge is 0.381 e. The van der Waals surface area contributed by atoms with Gasteiger partial charge in [0.2, 0.25) is 11.8 Å². The van der Waals surface area contributed by atoms with Crippen LogP contribution < -0.4 is 5.32 Å². The van der Waals surface area contributed by atoms with Crippen LogP contribution in [0.2, 0.25) is 0 Å². The smallest absolute Gasteiger partial charge is 0.248 e. The lowest BCUT2D eigenvalue weighted by Gasteiger charge is -2.39. The molecule has 1 aromatic carbocycles. The molecule has 6 heteroatoms. The van der Waals surface area contributed by atoms with Gasteiger partial charge in [0.05, 0.1) is 17.2 Å². The molecule has 0 spiro atoms. The van der Waals surface area contributed by atoms with Gasteiger partial charge in [0, 0.05) is 32.5 Å². The molecule has 1 aliphatic heterocycles. The molecule has 1 saturated heterocycles. The Labute approximate surface area is 152 Å². The summed E-state index contributed by atoms with van der Waals surface area (Å²) in [5.74, 6) is -2.67. The molecule has 4 nitrogen and oxygen atoms in total. The fourth-order valence-corrected chi connectivity index (χ4v) is 3.98. The van der Waals surface area contributed by atoms with Crippen molar-refractivity contribution in [2.24, 2.45) is 5.92 Å². The lowest BCUT2D eigenvalue weighted by Crippen LogP contribution is -2.50. The Morgan fingerprint density at radius 1 is 1.23 bits per heavy atom. The standard InChI is InChI=1S/C20H24F2N2O2/c21-20(22)6-4-15(5-7-20)13-18(25)24-19(8-10-26-11-9-19)17-3-1-2-16(12-17)14-23/h1-3,12,15H,4-11,13H2,(H,24,25). The highest BCUT2D eigenvalue weighted by Gasteiger charge is 2.38. The molecule has 1 aromatic rings. The van der Waals surface area contributed by atoms with Gasteiger partial charge in [-0.15, -0.1) is 0 Å². The number of ether oxygens (including phenoxy) is 1. The highest BCUT2D eigenvalue weighted by Crippen LogP contribution is 2.38. The van der Waals surface area contributed by atoms with E-state index in [1.165, 1.54) is 0 Å². The zero-order chi connectivity index (χ0) is 18.6. The molecule has 2 fully saturated rings. The van der Waals surface area contributed by atoms with Crippen LogP contribution in [-0.2, 0) is 15.1 Å². The maximum absolute atomic E-state index is 13.3. The Bertz CT molecular complexity index is 683. The number of carbonyl (C=O) groups is 1. The molecular weight excluding hydrogens is 338 g/mol. The number of rotatable bonds is 4. The SMILES string of the molecule is N#Cc1cccc(C2(NC(=O)CC3CCC(F)(F)CC3)CCOCC2)c1. The number of nitrogens with zero attached hydrogens (tertiary/aromatic N) is 1. The van der Waals surface area contributed by atoms with E-state index in [-0.39, 0.29) is 31.1 Å². The van der Waals surface area contributed by atoms with Crippen molar-refractivity contribution in [3.8, 4) is 6.07 Å². The van der Waals surface area contributed by atoms with Crippen LogP contribution in [0.1, 0.15) is 56.1 Å². The van der Waals surface area contributed by atoms with Crippen molar-refractivity contribution < 1.29 is 18.3 Å². The minimum absolute atomic E-state index is 0.0111. The highest BCUT2D eigenvalue weighted by atomic mass is 19.3. The van der Waals surface area contributed by atoms with Crippen molar-refractivity contribution >= 4 is 5.91 Å². The fraction of sp³-hybridized carbons (Fsp3) is 0.600. The minimum atomic E-state index is -2.58. The third-order valence-electron chi connectivity index (χ3n) is 5.58. The van der Waals surface area contributed by atoms with Crippen molar-refractivity contribution in [3.05, 3.63) is 35.4 Å². The Hall–Kier alpha value is -2.00. The molecule has 1 aliphatic carbocycles. The first-order valence-corrected chi connectivity index (χ1v) is 9.20. The van der Waals surface area contributed by atoms with Crippen molar-refractivity contribution in [2.45, 2.75) is 56.4 Å². The van der Waals surface area contributed by atoms with Gasteiger partial charge in [-0.2, -0.15) is 5.26 Å². The van der Waals surface area contributed by atoms with E-state index in [1.807, 2.05) is 18.2 Å². The molecule has 26 heavy (non-hydrogen) atoms. The van der Waals surface area contributed by atoms with Gasteiger partial charge in [-0.25, -0.2) is 8.78 Å². The molecule has 0 atom stereocenters. The summed E-state index contributed by atoms with van der Waals surface area (Å²) >= 11 is 0. The normalized spacial score (nSPS) is 22.3. The molecule has 1 N–H and O–H groups in total. The first kappa shape index (κ1) is 18.8. The number of hydrogen-bond donors (Lipinski definition) is 1. The maximum Gasteiger partial charge on any atom is 0.248 e. The second-order valence-electron chi connectivity index (χ2n) is 7.44. The predicted molar refractivity (Wildman–Crippen MR) is 92.6 cm³/mol. The van der Waals surface area contributed by atoms with Crippen molar-refractivity contribution in [2.75, 3.05) is 13.2 Å². The van der Waals surface area contributed by atoms with E-state index in [4.69, 9.17) is 10.00 Å². The monoisotopic (exact) mass is 362 g/mol.